The molecule has 0 aliphatic rings. The van der Waals surface area contributed by atoms with E-state index in [9.17, 15) is 0 Å². The van der Waals surface area contributed by atoms with E-state index in [0.29, 0.717) is 18.1 Å². The maximum absolute atomic E-state index is 8.87. The van der Waals surface area contributed by atoms with Gasteiger partial charge in [0.05, 0.1) is 6.07 Å². The second-order valence-corrected chi connectivity index (χ2v) is 4.92. The Kier molecular flexibility index (Phi) is 4.90. The zero-order chi connectivity index (χ0) is 12.8. The molecule has 0 saturated heterocycles. The van der Waals surface area contributed by atoms with Gasteiger partial charge in [0, 0.05) is 18.1 Å². The SMILES string of the molecule is Cc1ccccc1C(=N)C(CC#N)CC(C)C. The maximum Gasteiger partial charge on any atom is 0.0628 e. The van der Waals surface area contributed by atoms with Gasteiger partial charge in [0.1, 0.15) is 0 Å². The summed E-state index contributed by atoms with van der Waals surface area (Å²) in [6, 6.07) is 10.1. The molecule has 0 saturated carbocycles. The van der Waals surface area contributed by atoms with Crippen LogP contribution in [0.1, 0.15) is 37.8 Å². The van der Waals surface area contributed by atoms with E-state index in [1.165, 1.54) is 0 Å². The number of nitrogens with one attached hydrogen (secondary N) is 1. The van der Waals surface area contributed by atoms with Crippen molar-refractivity contribution in [3.63, 3.8) is 0 Å². The monoisotopic (exact) mass is 228 g/mol. The van der Waals surface area contributed by atoms with Gasteiger partial charge in [-0.15, -0.1) is 0 Å². The first-order chi connectivity index (χ1) is 8.06. The van der Waals surface area contributed by atoms with Crippen LogP contribution < -0.4 is 0 Å². The van der Waals surface area contributed by atoms with Gasteiger partial charge in [0.2, 0.25) is 0 Å². The lowest BCUT2D eigenvalue weighted by atomic mass is 9.86. The molecule has 1 aromatic rings. The molecule has 0 aliphatic heterocycles. The van der Waals surface area contributed by atoms with Crippen LogP contribution >= 0.6 is 0 Å². The lowest BCUT2D eigenvalue weighted by Crippen LogP contribution is -2.17. The fourth-order valence-electron chi connectivity index (χ4n) is 2.08. The first-order valence-electron chi connectivity index (χ1n) is 6.07. The minimum Gasteiger partial charge on any atom is -0.304 e. The number of hydrogen-bond acceptors (Lipinski definition) is 2. The highest BCUT2D eigenvalue weighted by Crippen LogP contribution is 2.22. The molecule has 2 heteroatoms. The summed E-state index contributed by atoms with van der Waals surface area (Å²) in [7, 11) is 0. The highest BCUT2D eigenvalue weighted by atomic mass is 14.5. The highest BCUT2D eigenvalue weighted by molar-refractivity contribution is 6.01. The second-order valence-electron chi connectivity index (χ2n) is 4.92. The summed E-state index contributed by atoms with van der Waals surface area (Å²) in [5.41, 5.74) is 2.70. The van der Waals surface area contributed by atoms with E-state index in [4.69, 9.17) is 10.7 Å². The fourth-order valence-corrected chi connectivity index (χ4v) is 2.08. The largest absolute Gasteiger partial charge is 0.304 e. The van der Waals surface area contributed by atoms with Gasteiger partial charge in [-0.2, -0.15) is 5.26 Å². The topological polar surface area (TPSA) is 47.6 Å². The predicted octanol–water partition coefficient (Wildman–Crippen LogP) is 3.94. The molecule has 1 unspecified atom stereocenters. The van der Waals surface area contributed by atoms with Crippen LogP contribution in [0.4, 0.5) is 0 Å². The van der Waals surface area contributed by atoms with Crippen molar-refractivity contribution in [1.29, 1.82) is 10.7 Å². The van der Waals surface area contributed by atoms with E-state index in [-0.39, 0.29) is 5.92 Å². The molecule has 1 rings (SSSR count). The van der Waals surface area contributed by atoms with Gasteiger partial charge in [-0.1, -0.05) is 38.1 Å². The van der Waals surface area contributed by atoms with Crippen molar-refractivity contribution in [2.75, 3.05) is 0 Å². The molecule has 90 valence electrons. The number of nitrogens with zero attached hydrogens (tertiary/aromatic N) is 1. The molecule has 0 fully saturated rings. The first kappa shape index (κ1) is 13.4. The van der Waals surface area contributed by atoms with Crippen LogP contribution in [0.3, 0.4) is 0 Å². The van der Waals surface area contributed by atoms with Crippen molar-refractivity contribution in [2.45, 2.75) is 33.6 Å². The Bertz CT molecular complexity index is 427. The van der Waals surface area contributed by atoms with Crippen LogP contribution in [-0.4, -0.2) is 5.71 Å². The van der Waals surface area contributed by atoms with E-state index in [1.54, 1.807) is 0 Å². The van der Waals surface area contributed by atoms with Crippen molar-refractivity contribution in [2.24, 2.45) is 11.8 Å². The molecule has 1 aromatic carbocycles. The predicted molar refractivity (Wildman–Crippen MR) is 71.2 cm³/mol. The van der Waals surface area contributed by atoms with Crippen LogP contribution in [0, 0.1) is 35.5 Å². The Morgan fingerprint density at radius 3 is 2.53 bits per heavy atom. The summed E-state index contributed by atoms with van der Waals surface area (Å²) in [6.45, 7) is 6.29. The van der Waals surface area contributed by atoms with Gasteiger partial charge in [0.15, 0.2) is 0 Å². The fraction of sp³-hybridized carbons (Fsp3) is 0.467. The van der Waals surface area contributed by atoms with E-state index in [1.807, 2.05) is 31.2 Å². The van der Waals surface area contributed by atoms with Gasteiger partial charge in [-0.05, 0) is 30.4 Å². The highest BCUT2D eigenvalue weighted by Gasteiger charge is 2.18. The summed E-state index contributed by atoms with van der Waals surface area (Å²) in [5.74, 6) is 0.568. The minimum absolute atomic E-state index is 0.0566. The minimum atomic E-state index is 0.0566. The Hall–Kier alpha value is -1.62. The van der Waals surface area contributed by atoms with Crippen LogP contribution in [0.2, 0.25) is 0 Å². The molecule has 0 radical (unpaired) electrons. The van der Waals surface area contributed by atoms with Crippen LogP contribution in [0.5, 0.6) is 0 Å². The molecule has 0 amide bonds. The molecule has 1 N–H and O–H groups in total. The van der Waals surface area contributed by atoms with E-state index >= 15 is 0 Å². The third-order valence-electron chi connectivity index (χ3n) is 2.94. The molecular formula is C15H20N2. The number of aryl methyl sites for hydroxylation is 1. The molecular weight excluding hydrogens is 208 g/mol. The molecule has 0 spiro atoms. The molecule has 0 heterocycles. The van der Waals surface area contributed by atoms with Gasteiger partial charge < -0.3 is 5.41 Å². The number of rotatable bonds is 5. The molecule has 2 nitrogen and oxygen atoms in total. The molecule has 0 bridgehead atoms. The first-order valence-corrected chi connectivity index (χ1v) is 6.07. The number of benzene rings is 1. The Morgan fingerprint density at radius 1 is 1.35 bits per heavy atom. The van der Waals surface area contributed by atoms with Gasteiger partial charge >= 0.3 is 0 Å². The van der Waals surface area contributed by atoms with E-state index in [0.717, 1.165) is 17.5 Å². The summed E-state index contributed by atoms with van der Waals surface area (Å²) in [5, 5.41) is 17.1. The average Bonchev–Trinajstić information content (AvgIpc) is 2.28. The summed E-state index contributed by atoms with van der Waals surface area (Å²) in [6.07, 6.45) is 1.34. The number of hydrogen-bond donors (Lipinski definition) is 1. The lowest BCUT2D eigenvalue weighted by Gasteiger charge is -2.18. The smallest absolute Gasteiger partial charge is 0.0628 e. The third-order valence-corrected chi connectivity index (χ3v) is 2.94. The second kappa shape index (κ2) is 6.20. The summed E-state index contributed by atoms with van der Waals surface area (Å²) in [4.78, 5) is 0. The van der Waals surface area contributed by atoms with Crippen molar-refractivity contribution < 1.29 is 0 Å². The van der Waals surface area contributed by atoms with Gasteiger partial charge in [0.25, 0.3) is 0 Å². The van der Waals surface area contributed by atoms with E-state index < -0.39 is 0 Å². The zero-order valence-electron chi connectivity index (χ0n) is 10.8. The standard InChI is InChI=1S/C15H20N2/c1-11(2)10-13(8-9-16)15(17)14-7-5-4-6-12(14)3/h4-7,11,13,17H,8,10H2,1-3H3. The van der Waals surface area contributed by atoms with Crippen LogP contribution in [-0.2, 0) is 0 Å². The molecule has 0 aliphatic carbocycles. The lowest BCUT2D eigenvalue weighted by molar-refractivity contribution is 0.500. The summed E-state index contributed by atoms with van der Waals surface area (Å²) < 4.78 is 0. The molecule has 1 atom stereocenters. The Morgan fingerprint density at radius 2 is 2.00 bits per heavy atom. The molecule has 0 aromatic heterocycles. The van der Waals surface area contributed by atoms with Crippen LogP contribution in [0.15, 0.2) is 24.3 Å². The quantitative estimate of drug-likeness (QED) is 0.762. The Balaban J connectivity index is 2.92. The van der Waals surface area contributed by atoms with E-state index in [2.05, 4.69) is 19.9 Å². The van der Waals surface area contributed by atoms with Gasteiger partial charge in [-0.3, -0.25) is 0 Å². The van der Waals surface area contributed by atoms with Crippen molar-refractivity contribution in [3.8, 4) is 6.07 Å². The van der Waals surface area contributed by atoms with Crippen molar-refractivity contribution in [1.82, 2.24) is 0 Å². The normalized spacial score (nSPS) is 12.2. The zero-order valence-corrected chi connectivity index (χ0v) is 10.8. The van der Waals surface area contributed by atoms with Crippen LogP contribution in [0.25, 0.3) is 0 Å². The maximum atomic E-state index is 8.87. The van der Waals surface area contributed by atoms with Crippen molar-refractivity contribution in [3.05, 3.63) is 35.4 Å². The Labute approximate surface area is 104 Å². The average molecular weight is 228 g/mol. The number of nitriles is 1. The third kappa shape index (κ3) is 3.71. The summed E-state index contributed by atoms with van der Waals surface area (Å²) >= 11 is 0. The molecule has 17 heavy (non-hydrogen) atoms. The van der Waals surface area contributed by atoms with Crippen molar-refractivity contribution >= 4 is 5.71 Å². The van der Waals surface area contributed by atoms with Gasteiger partial charge in [-0.25, -0.2) is 0 Å².